The number of carbonyl (C=O) groups is 1. The first-order valence-electron chi connectivity index (χ1n) is 8.75. The molecule has 2 fully saturated rings. The first kappa shape index (κ1) is 14.6. The molecule has 0 spiro atoms. The summed E-state index contributed by atoms with van der Waals surface area (Å²) in [6.07, 6.45) is 9.47. The molecule has 2 aromatic rings. The number of fused-ring (bicyclic) bond motifs is 2. The topological polar surface area (TPSA) is 34.0 Å². The first-order valence-corrected chi connectivity index (χ1v) is 8.75. The van der Waals surface area contributed by atoms with Gasteiger partial charge in [0.25, 0.3) is 5.91 Å². The van der Waals surface area contributed by atoms with Crippen molar-refractivity contribution in [2.75, 3.05) is 0 Å². The maximum atomic E-state index is 12.5. The van der Waals surface area contributed by atoms with Gasteiger partial charge in [-0.05, 0) is 80.3 Å². The Kier molecular flexibility index (Phi) is 3.72. The molecule has 1 amide bonds. The molecular weight excluding hydrogens is 284 g/mol. The van der Waals surface area contributed by atoms with Gasteiger partial charge >= 0.3 is 0 Å². The molecule has 1 aromatic heterocycles. The van der Waals surface area contributed by atoms with Crippen molar-refractivity contribution in [2.45, 2.75) is 38.6 Å². The summed E-state index contributed by atoms with van der Waals surface area (Å²) in [6.45, 7) is 2.18. The Labute approximate surface area is 137 Å². The van der Waals surface area contributed by atoms with Gasteiger partial charge in [-0.25, -0.2) is 0 Å². The normalized spacial score (nSPS) is 27.1. The average Bonchev–Trinajstić information content (AvgIpc) is 3.32. The second-order valence-corrected chi connectivity index (χ2v) is 7.24. The highest BCUT2D eigenvalue weighted by atomic mass is 16.1. The minimum atomic E-state index is 0.0549. The predicted octanol–water partition coefficient (Wildman–Crippen LogP) is 4.03. The second kappa shape index (κ2) is 5.88. The lowest BCUT2D eigenvalue weighted by Gasteiger charge is -2.28. The summed E-state index contributed by atoms with van der Waals surface area (Å²) in [5, 5.41) is 3.23. The predicted molar refractivity (Wildman–Crippen MR) is 91.6 cm³/mol. The van der Waals surface area contributed by atoms with Crippen molar-refractivity contribution in [2.24, 2.45) is 17.8 Å². The number of carbonyl (C=O) groups excluding carboxylic acids is 1. The molecule has 2 bridgehead atoms. The fraction of sp³-hybridized carbons (Fsp3) is 0.450. The van der Waals surface area contributed by atoms with Crippen LogP contribution in [0, 0.1) is 17.8 Å². The zero-order chi connectivity index (χ0) is 15.8. The Balaban J connectivity index is 1.41. The smallest absolute Gasteiger partial charge is 0.251 e. The molecular formula is C20H24N2O. The fourth-order valence-corrected chi connectivity index (χ4v) is 4.60. The Morgan fingerprint density at radius 1 is 1.13 bits per heavy atom. The zero-order valence-electron chi connectivity index (χ0n) is 13.6. The van der Waals surface area contributed by atoms with E-state index in [9.17, 15) is 4.79 Å². The number of benzene rings is 1. The lowest BCUT2D eigenvalue weighted by molar-refractivity contribution is 0.0915. The van der Waals surface area contributed by atoms with Crippen molar-refractivity contribution in [1.82, 2.24) is 9.88 Å². The van der Waals surface area contributed by atoms with Crippen LogP contribution in [0.3, 0.4) is 0 Å². The maximum absolute atomic E-state index is 12.5. The molecule has 3 nitrogen and oxygen atoms in total. The van der Waals surface area contributed by atoms with Crippen LogP contribution < -0.4 is 5.32 Å². The van der Waals surface area contributed by atoms with Crippen molar-refractivity contribution >= 4 is 5.91 Å². The summed E-state index contributed by atoms with van der Waals surface area (Å²) < 4.78 is 2.04. The summed E-state index contributed by atoms with van der Waals surface area (Å²) >= 11 is 0. The zero-order valence-corrected chi connectivity index (χ0v) is 13.6. The van der Waals surface area contributed by atoms with Crippen LogP contribution in [0.5, 0.6) is 0 Å². The van der Waals surface area contributed by atoms with E-state index in [0.717, 1.165) is 23.1 Å². The number of aromatic nitrogens is 1. The SMILES string of the molecule is C[C@@H](NC(=O)c1ccc(-n2cccc2)cc1)[C@H]1C[C@H]2CC[C@H]1C2. The second-order valence-electron chi connectivity index (χ2n) is 7.24. The summed E-state index contributed by atoms with van der Waals surface area (Å²) in [5.41, 5.74) is 1.82. The summed E-state index contributed by atoms with van der Waals surface area (Å²) in [6, 6.07) is 12.1. The van der Waals surface area contributed by atoms with Gasteiger partial charge in [0.05, 0.1) is 0 Å². The highest BCUT2D eigenvalue weighted by Crippen LogP contribution is 2.49. The van der Waals surface area contributed by atoms with Crippen LogP contribution in [0.4, 0.5) is 0 Å². The molecule has 1 aromatic carbocycles. The molecule has 1 N–H and O–H groups in total. The minimum Gasteiger partial charge on any atom is -0.349 e. The van der Waals surface area contributed by atoms with Crippen molar-refractivity contribution in [3.8, 4) is 5.69 Å². The van der Waals surface area contributed by atoms with E-state index < -0.39 is 0 Å². The van der Waals surface area contributed by atoms with E-state index >= 15 is 0 Å². The third kappa shape index (κ3) is 2.80. The largest absolute Gasteiger partial charge is 0.349 e. The first-order chi connectivity index (χ1) is 11.2. The molecule has 0 radical (unpaired) electrons. The van der Waals surface area contributed by atoms with Gasteiger partial charge in [0.2, 0.25) is 0 Å². The highest BCUT2D eigenvalue weighted by Gasteiger charge is 2.42. The molecule has 3 heteroatoms. The molecule has 0 aliphatic heterocycles. The van der Waals surface area contributed by atoms with Crippen LogP contribution in [-0.2, 0) is 0 Å². The standard InChI is InChI=1S/C20H24N2O/c1-14(19-13-15-4-5-17(19)12-15)21-20(23)16-6-8-18(9-7-16)22-10-2-3-11-22/h2-3,6-11,14-15,17,19H,4-5,12-13H2,1H3,(H,21,23)/t14-,15+,17+,19-/m1/s1. The van der Waals surface area contributed by atoms with Crippen LogP contribution in [0.1, 0.15) is 43.0 Å². The van der Waals surface area contributed by atoms with E-state index in [-0.39, 0.29) is 11.9 Å². The molecule has 23 heavy (non-hydrogen) atoms. The molecule has 0 unspecified atom stereocenters. The average molecular weight is 308 g/mol. The fourth-order valence-electron chi connectivity index (χ4n) is 4.60. The van der Waals surface area contributed by atoms with E-state index in [1.807, 2.05) is 53.4 Å². The van der Waals surface area contributed by atoms with E-state index in [2.05, 4.69) is 12.2 Å². The number of rotatable bonds is 4. The van der Waals surface area contributed by atoms with Crippen LogP contribution >= 0.6 is 0 Å². The van der Waals surface area contributed by atoms with Gasteiger partial charge in [0.15, 0.2) is 0 Å². The van der Waals surface area contributed by atoms with Crippen molar-refractivity contribution in [3.63, 3.8) is 0 Å². The maximum Gasteiger partial charge on any atom is 0.251 e. The number of amides is 1. The van der Waals surface area contributed by atoms with Crippen molar-refractivity contribution in [1.29, 1.82) is 0 Å². The van der Waals surface area contributed by atoms with Crippen molar-refractivity contribution < 1.29 is 4.79 Å². The van der Waals surface area contributed by atoms with Crippen LogP contribution in [0.15, 0.2) is 48.8 Å². The number of hydrogen-bond acceptors (Lipinski definition) is 1. The third-order valence-electron chi connectivity index (χ3n) is 5.83. The molecule has 120 valence electrons. The summed E-state index contributed by atoms with van der Waals surface area (Å²) in [4.78, 5) is 12.5. The molecule has 2 aliphatic rings. The van der Waals surface area contributed by atoms with E-state index in [4.69, 9.17) is 0 Å². The molecule has 2 aliphatic carbocycles. The highest BCUT2D eigenvalue weighted by molar-refractivity contribution is 5.94. The lowest BCUT2D eigenvalue weighted by atomic mass is 9.84. The third-order valence-corrected chi connectivity index (χ3v) is 5.83. The number of hydrogen-bond donors (Lipinski definition) is 1. The molecule has 4 rings (SSSR count). The Hall–Kier alpha value is -2.03. The van der Waals surface area contributed by atoms with Gasteiger partial charge < -0.3 is 9.88 Å². The van der Waals surface area contributed by atoms with Gasteiger partial charge in [0.1, 0.15) is 0 Å². The Morgan fingerprint density at radius 3 is 2.48 bits per heavy atom. The Morgan fingerprint density at radius 2 is 1.87 bits per heavy atom. The summed E-state index contributed by atoms with van der Waals surface area (Å²) in [7, 11) is 0. The van der Waals surface area contributed by atoms with E-state index in [1.54, 1.807) is 0 Å². The van der Waals surface area contributed by atoms with Crippen LogP contribution in [0.25, 0.3) is 5.69 Å². The van der Waals surface area contributed by atoms with Crippen LogP contribution in [-0.4, -0.2) is 16.5 Å². The van der Waals surface area contributed by atoms with E-state index in [0.29, 0.717) is 5.92 Å². The van der Waals surface area contributed by atoms with Crippen LogP contribution in [0.2, 0.25) is 0 Å². The van der Waals surface area contributed by atoms with Gasteiger partial charge in [-0.3, -0.25) is 4.79 Å². The molecule has 0 saturated heterocycles. The van der Waals surface area contributed by atoms with Gasteiger partial charge in [-0.2, -0.15) is 0 Å². The monoisotopic (exact) mass is 308 g/mol. The van der Waals surface area contributed by atoms with Crippen molar-refractivity contribution in [3.05, 3.63) is 54.4 Å². The van der Waals surface area contributed by atoms with Gasteiger partial charge in [-0.15, -0.1) is 0 Å². The number of nitrogens with zero attached hydrogens (tertiary/aromatic N) is 1. The summed E-state index contributed by atoms with van der Waals surface area (Å²) in [5.74, 6) is 2.49. The lowest BCUT2D eigenvalue weighted by Crippen LogP contribution is -2.40. The van der Waals surface area contributed by atoms with Gasteiger partial charge in [-0.1, -0.05) is 6.42 Å². The van der Waals surface area contributed by atoms with E-state index in [1.165, 1.54) is 25.7 Å². The van der Waals surface area contributed by atoms with Gasteiger partial charge in [0, 0.05) is 29.7 Å². The number of nitrogens with one attached hydrogen (secondary N) is 1. The minimum absolute atomic E-state index is 0.0549. The quantitative estimate of drug-likeness (QED) is 0.909. The molecule has 1 heterocycles. The Bertz CT molecular complexity index is 674. The molecule has 2 saturated carbocycles. The molecule has 4 atom stereocenters.